The molecule has 6 nitrogen and oxygen atoms in total. The lowest BCUT2D eigenvalue weighted by Gasteiger charge is -2.49. The van der Waals surface area contributed by atoms with E-state index in [1.807, 2.05) is 19.1 Å². The van der Waals surface area contributed by atoms with Crippen LogP contribution in [0.4, 0.5) is 0 Å². The van der Waals surface area contributed by atoms with Crippen LogP contribution < -0.4 is 10.2 Å². The van der Waals surface area contributed by atoms with Crippen molar-refractivity contribution in [2.24, 2.45) is 0 Å². The third-order valence-corrected chi connectivity index (χ3v) is 6.12. The molecule has 160 valence electrons. The fourth-order valence-electron chi connectivity index (χ4n) is 4.46. The number of aliphatic hydroxyl groups is 1. The van der Waals surface area contributed by atoms with Gasteiger partial charge < -0.3 is 19.1 Å². The molecule has 1 aliphatic carbocycles. The number of hydrogen-bond acceptors (Lipinski definition) is 5. The zero-order valence-corrected chi connectivity index (χ0v) is 18.1. The number of hydrogen-bond donors (Lipinski definition) is 1. The van der Waals surface area contributed by atoms with E-state index in [1.54, 1.807) is 33.0 Å². The number of benzene rings is 1. The summed E-state index contributed by atoms with van der Waals surface area (Å²) in [5, 5.41) is 10.0. The lowest BCUT2D eigenvalue weighted by atomic mass is 9.69. The van der Waals surface area contributed by atoms with Gasteiger partial charge in [-0.2, -0.15) is 0 Å². The first-order chi connectivity index (χ1) is 14.1. The number of carbonyl (C=O) groups is 1. The molecular weight excluding hydrogens is 382 g/mol. The Morgan fingerprint density at radius 3 is 2.60 bits per heavy atom. The number of aromatic nitrogens is 1. The van der Waals surface area contributed by atoms with Gasteiger partial charge in [-0.25, -0.2) is 4.79 Å². The summed E-state index contributed by atoms with van der Waals surface area (Å²) in [6.45, 7) is 7.57. The summed E-state index contributed by atoms with van der Waals surface area (Å²) in [6.07, 6.45) is 5.63. The van der Waals surface area contributed by atoms with Crippen molar-refractivity contribution in [1.29, 1.82) is 0 Å². The van der Waals surface area contributed by atoms with E-state index in [4.69, 9.17) is 9.47 Å². The molecule has 1 fully saturated rings. The van der Waals surface area contributed by atoms with Crippen LogP contribution >= 0.6 is 0 Å². The van der Waals surface area contributed by atoms with E-state index in [2.05, 4.69) is 4.57 Å². The molecule has 0 amide bonds. The standard InChI is InChI=1S/C24H29NO5/c1-5-29-22(27)18-13-25-19(11-20(18)26)17-9-15(2)21(30-14-23(3,4)28)10-16(17)12-24(25)7-6-8-24/h9-11,13,28H,5-8,12,14H2,1-4H3. The molecule has 1 aromatic carbocycles. The number of esters is 1. The smallest absolute Gasteiger partial charge is 0.343 e. The first-order valence-electron chi connectivity index (χ1n) is 10.6. The maximum atomic E-state index is 12.7. The molecule has 0 saturated heterocycles. The van der Waals surface area contributed by atoms with Crippen LogP contribution in [0.2, 0.25) is 0 Å². The van der Waals surface area contributed by atoms with Crippen molar-refractivity contribution in [3.63, 3.8) is 0 Å². The van der Waals surface area contributed by atoms with Gasteiger partial charge in [0.15, 0.2) is 5.43 Å². The van der Waals surface area contributed by atoms with E-state index in [0.717, 1.165) is 53.8 Å². The van der Waals surface area contributed by atoms with E-state index in [9.17, 15) is 14.7 Å². The monoisotopic (exact) mass is 411 g/mol. The van der Waals surface area contributed by atoms with Gasteiger partial charge in [-0.15, -0.1) is 0 Å². The summed E-state index contributed by atoms with van der Waals surface area (Å²) in [5.41, 5.74) is 2.64. The van der Waals surface area contributed by atoms with Gasteiger partial charge in [-0.1, -0.05) is 0 Å². The minimum Gasteiger partial charge on any atom is -0.490 e. The van der Waals surface area contributed by atoms with E-state index in [1.165, 1.54) is 0 Å². The van der Waals surface area contributed by atoms with Gasteiger partial charge in [-0.05, 0) is 76.6 Å². The molecule has 30 heavy (non-hydrogen) atoms. The van der Waals surface area contributed by atoms with Gasteiger partial charge in [0.25, 0.3) is 0 Å². The molecule has 1 aromatic heterocycles. The lowest BCUT2D eigenvalue weighted by Crippen LogP contribution is -2.46. The molecule has 2 heterocycles. The van der Waals surface area contributed by atoms with Crippen molar-refractivity contribution >= 4 is 5.97 Å². The van der Waals surface area contributed by atoms with E-state index in [0.29, 0.717) is 0 Å². The second kappa shape index (κ2) is 7.27. The average Bonchev–Trinajstić information content (AvgIpc) is 2.63. The first kappa shape index (κ1) is 20.7. The predicted molar refractivity (Wildman–Crippen MR) is 114 cm³/mol. The largest absolute Gasteiger partial charge is 0.490 e. The van der Waals surface area contributed by atoms with Crippen molar-refractivity contribution in [3.05, 3.63) is 51.3 Å². The first-order valence-corrected chi connectivity index (χ1v) is 10.6. The van der Waals surface area contributed by atoms with Crippen LogP contribution in [-0.2, 0) is 16.7 Å². The van der Waals surface area contributed by atoms with Crippen molar-refractivity contribution in [2.45, 2.75) is 64.5 Å². The van der Waals surface area contributed by atoms with Crippen LogP contribution in [0.1, 0.15) is 61.5 Å². The van der Waals surface area contributed by atoms with Crippen molar-refractivity contribution < 1.29 is 19.4 Å². The quantitative estimate of drug-likeness (QED) is 0.761. The summed E-state index contributed by atoms with van der Waals surface area (Å²) < 4.78 is 13.1. The Morgan fingerprint density at radius 1 is 1.27 bits per heavy atom. The molecule has 0 bridgehead atoms. The molecule has 4 rings (SSSR count). The molecule has 1 saturated carbocycles. The van der Waals surface area contributed by atoms with Crippen LogP contribution in [-0.4, -0.2) is 34.5 Å². The second-order valence-electron chi connectivity index (χ2n) is 9.16. The Hall–Kier alpha value is -2.60. The second-order valence-corrected chi connectivity index (χ2v) is 9.16. The van der Waals surface area contributed by atoms with Gasteiger partial charge in [0.2, 0.25) is 0 Å². The third kappa shape index (κ3) is 3.54. The van der Waals surface area contributed by atoms with Gasteiger partial charge in [0, 0.05) is 23.4 Å². The molecule has 0 radical (unpaired) electrons. The molecule has 2 aliphatic rings. The summed E-state index contributed by atoms with van der Waals surface area (Å²) in [4.78, 5) is 25.0. The lowest BCUT2D eigenvalue weighted by molar-refractivity contribution is 0.0281. The van der Waals surface area contributed by atoms with Crippen LogP contribution in [0.25, 0.3) is 11.3 Å². The summed E-state index contributed by atoms with van der Waals surface area (Å²) in [7, 11) is 0. The number of rotatable bonds is 5. The molecular formula is C24H29NO5. The minimum absolute atomic E-state index is 0.0946. The summed E-state index contributed by atoms with van der Waals surface area (Å²) >= 11 is 0. The number of ether oxygens (including phenoxy) is 2. The molecule has 0 unspecified atom stereocenters. The van der Waals surface area contributed by atoms with Crippen molar-refractivity contribution in [2.75, 3.05) is 13.2 Å². The molecule has 2 aromatic rings. The molecule has 1 spiro atoms. The third-order valence-electron chi connectivity index (χ3n) is 6.12. The number of fused-ring (bicyclic) bond motifs is 4. The van der Waals surface area contributed by atoms with Crippen LogP contribution in [0.15, 0.2) is 29.2 Å². The van der Waals surface area contributed by atoms with Gasteiger partial charge in [-0.3, -0.25) is 4.79 Å². The number of aryl methyl sites for hydroxylation is 1. The normalized spacial score (nSPS) is 16.4. The fourth-order valence-corrected chi connectivity index (χ4v) is 4.46. The van der Waals surface area contributed by atoms with E-state index in [-0.39, 0.29) is 29.7 Å². The molecule has 0 atom stereocenters. The maximum absolute atomic E-state index is 12.7. The highest BCUT2D eigenvalue weighted by molar-refractivity contribution is 5.89. The van der Waals surface area contributed by atoms with Gasteiger partial charge >= 0.3 is 5.97 Å². The number of nitrogens with zero attached hydrogens (tertiary/aromatic N) is 1. The zero-order chi connectivity index (χ0) is 21.7. The molecule has 6 heteroatoms. The highest BCUT2D eigenvalue weighted by Crippen LogP contribution is 2.49. The Labute approximate surface area is 176 Å². The molecule has 1 N–H and O–H groups in total. The number of carbonyl (C=O) groups excluding carboxylic acids is 1. The maximum Gasteiger partial charge on any atom is 0.343 e. The van der Waals surface area contributed by atoms with Crippen LogP contribution in [0.3, 0.4) is 0 Å². The molecule has 1 aliphatic heterocycles. The highest BCUT2D eigenvalue weighted by atomic mass is 16.5. The fraction of sp³-hybridized carbons (Fsp3) is 0.500. The minimum atomic E-state index is -0.916. The van der Waals surface area contributed by atoms with Crippen LogP contribution in [0.5, 0.6) is 5.75 Å². The predicted octanol–water partition coefficient (Wildman–Crippen LogP) is 3.59. The van der Waals surface area contributed by atoms with E-state index < -0.39 is 11.6 Å². The summed E-state index contributed by atoms with van der Waals surface area (Å²) in [5.74, 6) is 0.189. The Kier molecular flexibility index (Phi) is 5.01. The Morgan fingerprint density at radius 2 is 2.00 bits per heavy atom. The Balaban J connectivity index is 1.82. The summed E-state index contributed by atoms with van der Waals surface area (Å²) in [6, 6.07) is 5.65. The zero-order valence-electron chi connectivity index (χ0n) is 18.1. The van der Waals surface area contributed by atoms with E-state index >= 15 is 0 Å². The van der Waals surface area contributed by atoms with Crippen molar-refractivity contribution in [1.82, 2.24) is 4.57 Å². The van der Waals surface area contributed by atoms with Crippen molar-refractivity contribution in [3.8, 4) is 17.0 Å². The highest BCUT2D eigenvalue weighted by Gasteiger charge is 2.43. The Bertz CT molecular complexity index is 1060. The SMILES string of the molecule is CCOC(=O)c1cn2c(cc1=O)-c1cc(C)c(OCC(C)(C)O)cc1CC21CCC1. The van der Waals surface area contributed by atoms with Crippen LogP contribution in [0, 0.1) is 6.92 Å². The topological polar surface area (TPSA) is 77.8 Å². The van der Waals surface area contributed by atoms with Gasteiger partial charge in [0.1, 0.15) is 17.9 Å². The number of pyridine rings is 1. The average molecular weight is 411 g/mol. The van der Waals surface area contributed by atoms with Gasteiger partial charge in [0.05, 0.1) is 17.9 Å².